The van der Waals surface area contributed by atoms with Gasteiger partial charge in [0.2, 0.25) is 0 Å². The molecule has 0 aliphatic carbocycles. The van der Waals surface area contributed by atoms with Gasteiger partial charge in [-0.3, -0.25) is 4.98 Å². The number of hydrogen-bond acceptors (Lipinski definition) is 4. The number of nitrogens with two attached hydrogens (primary N) is 1. The monoisotopic (exact) mass is 195 g/mol. The van der Waals surface area contributed by atoms with Crippen LogP contribution in [0, 0.1) is 6.92 Å². The van der Waals surface area contributed by atoms with E-state index < -0.39 is 6.10 Å². The molecule has 0 amide bonds. The Balaban J connectivity index is 2.50. The number of aliphatic hydroxyl groups excluding tert-OH is 1. The van der Waals surface area contributed by atoms with Gasteiger partial charge in [-0.15, -0.1) is 0 Å². The van der Waals surface area contributed by atoms with Crippen LogP contribution in [0.25, 0.3) is 0 Å². The van der Waals surface area contributed by atoms with Gasteiger partial charge >= 0.3 is 0 Å². The SMILES string of the molecule is Cc1cnccc1NCC(N)C(C)O. The molecule has 0 bridgehead atoms. The van der Waals surface area contributed by atoms with E-state index in [0.717, 1.165) is 11.3 Å². The molecular weight excluding hydrogens is 178 g/mol. The number of hydrogen-bond donors (Lipinski definition) is 3. The molecule has 2 unspecified atom stereocenters. The maximum Gasteiger partial charge on any atom is 0.0680 e. The topological polar surface area (TPSA) is 71.2 Å². The van der Waals surface area contributed by atoms with E-state index in [2.05, 4.69) is 10.3 Å². The number of nitrogens with one attached hydrogen (secondary N) is 1. The van der Waals surface area contributed by atoms with Crippen molar-refractivity contribution in [3.05, 3.63) is 24.0 Å². The fraction of sp³-hybridized carbons (Fsp3) is 0.500. The van der Waals surface area contributed by atoms with Gasteiger partial charge in [0.05, 0.1) is 6.10 Å². The molecular formula is C10H17N3O. The maximum absolute atomic E-state index is 9.19. The van der Waals surface area contributed by atoms with E-state index in [4.69, 9.17) is 5.73 Å². The fourth-order valence-corrected chi connectivity index (χ4v) is 1.07. The van der Waals surface area contributed by atoms with Crippen LogP contribution in [0.1, 0.15) is 12.5 Å². The molecule has 14 heavy (non-hydrogen) atoms. The molecule has 1 aromatic heterocycles. The first kappa shape index (κ1) is 10.9. The Kier molecular flexibility index (Phi) is 3.85. The summed E-state index contributed by atoms with van der Waals surface area (Å²) in [5.41, 5.74) is 7.77. The van der Waals surface area contributed by atoms with Gasteiger partial charge in [-0.2, -0.15) is 0 Å². The highest BCUT2D eigenvalue weighted by Crippen LogP contribution is 2.11. The van der Waals surface area contributed by atoms with E-state index in [1.54, 1.807) is 19.3 Å². The number of aromatic nitrogens is 1. The normalized spacial score (nSPS) is 14.9. The average molecular weight is 195 g/mol. The number of aliphatic hydroxyl groups is 1. The molecule has 0 saturated heterocycles. The molecule has 0 spiro atoms. The van der Waals surface area contributed by atoms with Crippen LogP contribution >= 0.6 is 0 Å². The zero-order valence-electron chi connectivity index (χ0n) is 8.57. The van der Waals surface area contributed by atoms with E-state index in [-0.39, 0.29) is 6.04 Å². The molecule has 1 heterocycles. The number of aryl methyl sites for hydroxylation is 1. The second-order valence-corrected chi connectivity index (χ2v) is 3.48. The first-order valence-electron chi connectivity index (χ1n) is 4.69. The predicted molar refractivity (Wildman–Crippen MR) is 57.1 cm³/mol. The van der Waals surface area contributed by atoms with Crippen LogP contribution in [0.15, 0.2) is 18.5 Å². The average Bonchev–Trinajstić information content (AvgIpc) is 2.16. The predicted octanol–water partition coefficient (Wildman–Crippen LogP) is 0.510. The summed E-state index contributed by atoms with van der Waals surface area (Å²) in [5.74, 6) is 0. The number of pyridine rings is 1. The van der Waals surface area contributed by atoms with E-state index in [0.29, 0.717) is 6.54 Å². The molecule has 2 atom stereocenters. The molecule has 4 N–H and O–H groups in total. The minimum Gasteiger partial charge on any atom is -0.392 e. The van der Waals surface area contributed by atoms with Gasteiger partial charge in [-0.05, 0) is 25.5 Å². The second kappa shape index (κ2) is 4.93. The van der Waals surface area contributed by atoms with Crippen LogP contribution in [0.5, 0.6) is 0 Å². The second-order valence-electron chi connectivity index (χ2n) is 3.48. The summed E-state index contributed by atoms with van der Waals surface area (Å²) in [6.45, 7) is 4.22. The molecule has 78 valence electrons. The summed E-state index contributed by atoms with van der Waals surface area (Å²) >= 11 is 0. The van der Waals surface area contributed by atoms with Gasteiger partial charge in [0, 0.05) is 30.7 Å². The Hall–Kier alpha value is -1.13. The molecule has 0 aliphatic rings. The highest BCUT2D eigenvalue weighted by Gasteiger charge is 2.08. The molecule has 0 fully saturated rings. The van der Waals surface area contributed by atoms with Crippen molar-refractivity contribution in [2.75, 3.05) is 11.9 Å². The molecule has 0 radical (unpaired) electrons. The highest BCUT2D eigenvalue weighted by atomic mass is 16.3. The van der Waals surface area contributed by atoms with Crippen molar-refractivity contribution in [2.45, 2.75) is 26.0 Å². The summed E-state index contributed by atoms with van der Waals surface area (Å²) in [5, 5.41) is 12.4. The zero-order valence-corrected chi connectivity index (χ0v) is 8.57. The highest BCUT2D eigenvalue weighted by molar-refractivity contribution is 5.48. The smallest absolute Gasteiger partial charge is 0.0680 e. The lowest BCUT2D eigenvalue weighted by Crippen LogP contribution is -2.38. The Morgan fingerprint density at radius 3 is 2.93 bits per heavy atom. The fourth-order valence-electron chi connectivity index (χ4n) is 1.07. The van der Waals surface area contributed by atoms with Crippen molar-refractivity contribution in [1.82, 2.24) is 4.98 Å². The van der Waals surface area contributed by atoms with E-state index in [1.807, 2.05) is 13.0 Å². The van der Waals surface area contributed by atoms with Crippen molar-refractivity contribution in [3.63, 3.8) is 0 Å². The van der Waals surface area contributed by atoms with Crippen LogP contribution in [-0.2, 0) is 0 Å². The van der Waals surface area contributed by atoms with Crippen LogP contribution in [0.2, 0.25) is 0 Å². The largest absolute Gasteiger partial charge is 0.392 e. The zero-order chi connectivity index (χ0) is 10.6. The van der Waals surface area contributed by atoms with Gasteiger partial charge in [0.1, 0.15) is 0 Å². The third kappa shape index (κ3) is 2.97. The van der Waals surface area contributed by atoms with Crippen molar-refractivity contribution in [3.8, 4) is 0 Å². The van der Waals surface area contributed by atoms with Crippen LogP contribution in [0.4, 0.5) is 5.69 Å². The Morgan fingerprint density at radius 2 is 2.36 bits per heavy atom. The van der Waals surface area contributed by atoms with Gasteiger partial charge < -0.3 is 16.2 Å². The third-order valence-electron chi connectivity index (χ3n) is 2.17. The standard InChI is InChI=1S/C10H17N3O/c1-7-5-12-4-3-10(7)13-6-9(11)8(2)14/h3-5,8-9,14H,6,11H2,1-2H3,(H,12,13). The van der Waals surface area contributed by atoms with Crippen LogP contribution < -0.4 is 11.1 Å². The Bertz CT molecular complexity index is 288. The molecule has 4 nitrogen and oxygen atoms in total. The summed E-state index contributed by atoms with van der Waals surface area (Å²) in [6.07, 6.45) is 3.02. The number of nitrogens with zero attached hydrogens (tertiary/aromatic N) is 1. The van der Waals surface area contributed by atoms with Crippen LogP contribution in [-0.4, -0.2) is 28.8 Å². The maximum atomic E-state index is 9.19. The third-order valence-corrected chi connectivity index (χ3v) is 2.17. The van der Waals surface area contributed by atoms with Gasteiger partial charge in [0.25, 0.3) is 0 Å². The number of anilines is 1. The lowest BCUT2D eigenvalue weighted by atomic mass is 10.2. The minimum atomic E-state index is -0.496. The first-order valence-corrected chi connectivity index (χ1v) is 4.69. The molecule has 4 heteroatoms. The number of rotatable bonds is 4. The molecule has 1 rings (SSSR count). The summed E-state index contributed by atoms with van der Waals surface area (Å²) in [6, 6.07) is 1.65. The molecule has 0 saturated carbocycles. The summed E-state index contributed by atoms with van der Waals surface area (Å²) in [4.78, 5) is 3.99. The molecule has 0 aliphatic heterocycles. The lowest BCUT2D eigenvalue weighted by molar-refractivity contribution is 0.168. The van der Waals surface area contributed by atoms with E-state index in [1.165, 1.54) is 0 Å². The Morgan fingerprint density at radius 1 is 1.64 bits per heavy atom. The molecule has 0 aromatic carbocycles. The summed E-state index contributed by atoms with van der Waals surface area (Å²) in [7, 11) is 0. The minimum absolute atomic E-state index is 0.248. The van der Waals surface area contributed by atoms with Crippen molar-refractivity contribution < 1.29 is 5.11 Å². The van der Waals surface area contributed by atoms with Crippen molar-refractivity contribution in [2.24, 2.45) is 5.73 Å². The van der Waals surface area contributed by atoms with Crippen molar-refractivity contribution >= 4 is 5.69 Å². The van der Waals surface area contributed by atoms with E-state index >= 15 is 0 Å². The quantitative estimate of drug-likeness (QED) is 0.654. The van der Waals surface area contributed by atoms with Gasteiger partial charge in [0.15, 0.2) is 0 Å². The first-order chi connectivity index (χ1) is 6.61. The van der Waals surface area contributed by atoms with Crippen molar-refractivity contribution in [1.29, 1.82) is 0 Å². The molecule has 1 aromatic rings. The van der Waals surface area contributed by atoms with Gasteiger partial charge in [-0.25, -0.2) is 0 Å². The van der Waals surface area contributed by atoms with Gasteiger partial charge in [-0.1, -0.05) is 0 Å². The van der Waals surface area contributed by atoms with E-state index in [9.17, 15) is 5.11 Å². The summed E-state index contributed by atoms with van der Waals surface area (Å²) < 4.78 is 0. The Labute approximate surface area is 84.2 Å². The lowest BCUT2D eigenvalue weighted by Gasteiger charge is -2.16. The van der Waals surface area contributed by atoms with Crippen LogP contribution in [0.3, 0.4) is 0 Å².